The highest BCUT2D eigenvalue weighted by atomic mass is 16.5. The van der Waals surface area contributed by atoms with E-state index >= 15 is 0 Å². The van der Waals surface area contributed by atoms with Crippen LogP contribution in [0.4, 0.5) is 0 Å². The molecule has 0 N–H and O–H groups in total. The highest BCUT2D eigenvalue weighted by Gasteiger charge is 2.10. The lowest BCUT2D eigenvalue weighted by Gasteiger charge is -2.12. The van der Waals surface area contributed by atoms with Gasteiger partial charge in [-0.2, -0.15) is 0 Å². The zero-order valence-electron chi connectivity index (χ0n) is 17.6. The maximum Gasteiger partial charge on any atom is 0.343 e. The van der Waals surface area contributed by atoms with Gasteiger partial charge in [0.2, 0.25) is 0 Å². The molecule has 0 saturated heterocycles. The molecular formula is C25H34O3. The normalized spacial score (nSPS) is 12.0. The summed E-state index contributed by atoms with van der Waals surface area (Å²) in [6.07, 6.45) is 8.88. The number of ether oxygens (including phenoxy) is 2. The summed E-state index contributed by atoms with van der Waals surface area (Å²) in [4.78, 5) is 12.4. The van der Waals surface area contributed by atoms with Crippen molar-refractivity contribution >= 4 is 5.97 Å². The van der Waals surface area contributed by atoms with E-state index < -0.39 is 0 Å². The fourth-order valence-corrected chi connectivity index (χ4v) is 3.24. The van der Waals surface area contributed by atoms with Crippen LogP contribution in [0.3, 0.4) is 0 Å². The summed E-state index contributed by atoms with van der Waals surface area (Å²) in [6.45, 7) is 6.90. The molecule has 1 unspecified atom stereocenters. The van der Waals surface area contributed by atoms with Gasteiger partial charge in [-0.05, 0) is 62.1 Å². The Morgan fingerprint density at radius 1 is 0.857 bits per heavy atom. The Labute approximate surface area is 170 Å². The van der Waals surface area contributed by atoms with E-state index in [-0.39, 0.29) is 12.1 Å². The summed E-state index contributed by atoms with van der Waals surface area (Å²) in [7, 11) is 0. The number of rotatable bonds is 12. The second kappa shape index (κ2) is 12.4. The number of carbonyl (C=O) groups excluding carboxylic acids is 1. The molecule has 0 bridgehead atoms. The first-order chi connectivity index (χ1) is 13.6. The lowest BCUT2D eigenvalue weighted by Crippen LogP contribution is -2.08. The molecule has 0 spiro atoms. The van der Waals surface area contributed by atoms with Crippen LogP contribution in [0.1, 0.15) is 86.9 Å². The quantitative estimate of drug-likeness (QED) is 0.227. The molecule has 0 amide bonds. The van der Waals surface area contributed by atoms with E-state index in [2.05, 4.69) is 6.92 Å². The summed E-state index contributed by atoms with van der Waals surface area (Å²) >= 11 is 0. The molecule has 0 aliphatic carbocycles. The molecule has 0 saturated carbocycles. The topological polar surface area (TPSA) is 35.5 Å². The number of aryl methyl sites for hydroxylation is 1. The Kier molecular flexibility index (Phi) is 9.78. The van der Waals surface area contributed by atoms with Crippen molar-refractivity contribution < 1.29 is 14.3 Å². The molecule has 2 aromatic carbocycles. The Hall–Kier alpha value is -2.13. The van der Waals surface area contributed by atoms with Gasteiger partial charge in [-0.25, -0.2) is 4.79 Å². The third kappa shape index (κ3) is 7.47. The van der Waals surface area contributed by atoms with Gasteiger partial charge in [0.05, 0.1) is 11.7 Å². The maximum absolute atomic E-state index is 12.4. The Balaban J connectivity index is 1.80. The summed E-state index contributed by atoms with van der Waals surface area (Å²) < 4.78 is 11.1. The van der Waals surface area contributed by atoms with Crippen molar-refractivity contribution in [1.29, 1.82) is 0 Å². The van der Waals surface area contributed by atoms with Gasteiger partial charge in [-0.1, -0.05) is 63.3 Å². The van der Waals surface area contributed by atoms with Gasteiger partial charge in [0.25, 0.3) is 0 Å². The van der Waals surface area contributed by atoms with Gasteiger partial charge in [0, 0.05) is 6.61 Å². The van der Waals surface area contributed by atoms with Crippen molar-refractivity contribution in [2.45, 2.75) is 71.8 Å². The van der Waals surface area contributed by atoms with Crippen molar-refractivity contribution in [3.63, 3.8) is 0 Å². The van der Waals surface area contributed by atoms with Crippen LogP contribution >= 0.6 is 0 Å². The lowest BCUT2D eigenvalue weighted by atomic mass is 10.0. The van der Waals surface area contributed by atoms with Crippen molar-refractivity contribution in [2.24, 2.45) is 0 Å². The minimum Gasteiger partial charge on any atom is -0.423 e. The first kappa shape index (κ1) is 22.2. The molecule has 3 heteroatoms. The third-order valence-corrected chi connectivity index (χ3v) is 4.99. The van der Waals surface area contributed by atoms with E-state index in [4.69, 9.17) is 9.47 Å². The average molecular weight is 383 g/mol. The smallest absolute Gasteiger partial charge is 0.343 e. The number of benzene rings is 2. The number of carbonyl (C=O) groups is 1. The fraction of sp³-hybridized carbons (Fsp3) is 0.480. The molecule has 0 fully saturated rings. The van der Waals surface area contributed by atoms with Crippen molar-refractivity contribution in [2.75, 3.05) is 6.61 Å². The van der Waals surface area contributed by atoms with Gasteiger partial charge in [0.1, 0.15) is 5.75 Å². The summed E-state index contributed by atoms with van der Waals surface area (Å²) in [5.74, 6) is 0.227. The Morgan fingerprint density at radius 2 is 1.50 bits per heavy atom. The second-order valence-electron chi connectivity index (χ2n) is 7.27. The van der Waals surface area contributed by atoms with Crippen LogP contribution in [-0.4, -0.2) is 12.6 Å². The zero-order valence-corrected chi connectivity index (χ0v) is 17.6. The van der Waals surface area contributed by atoms with Crippen molar-refractivity contribution in [1.82, 2.24) is 0 Å². The van der Waals surface area contributed by atoms with E-state index in [9.17, 15) is 4.79 Å². The zero-order chi connectivity index (χ0) is 20.2. The van der Waals surface area contributed by atoms with Crippen LogP contribution in [0.25, 0.3) is 0 Å². The highest BCUT2D eigenvalue weighted by molar-refractivity contribution is 5.91. The second-order valence-corrected chi connectivity index (χ2v) is 7.27. The number of hydrogen-bond acceptors (Lipinski definition) is 3. The van der Waals surface area contributed by atoms with Crippen LogP contribution in [0, 0.1) is 0 Å². The summed E-state index contributed by atoms with van der Waals surface area (Å²) in [5, 5.41) is 0. The van der Waals surface area contributed by atoms with Crippen LogP contribution in [0.15, 0.2) is 48.5 Å². The molecule has 0 aliphatic heterocycles. The first-order valence-electron chi connectivity index (χ1n) is 10.7. The van der Waals surface area contributed by atoms with Gasteiger partial charge in [-0.3, -0.25) is 0 Å². The molecule has 0 aliphatic rings. The standard InChI is InChI=1S/C25H34O3/c1-4-6-7-8-9-10-11-21-12-14-23(15-13-21)25(26)28-24-18-16-22(17-19-24)20(3)27-5-2/h12-20H,4-11H2,1-3H3. The lowest BCUT2D eigenvalue weighted by molar-refractivity contribution is 0.0733. The van der Waals surface area contributed by atoms with E-state index in [0.29, 0.717) is 17.9 Å². The van der Waals surface area contributed by atoms with Gasteiger partial charge in [-0.15, -0.1) is 0 Å². The number of esters is 1. The molecule has 1 atom stereocenters. The fourth-order valence-electron chi connectivity index (χ4n) is 3.24. The van der Waals surface area contributed by atoms with Gasteiger partial charge >= 0.3 is 5.97 Å². The molecule has 0 radical (unpaired) electrons. The van der Waals surface area contributed by atoms with Gasteiger partial charge < -0.3 is 9.47 Å². The molecule has 2 aromatic rings. The summed E-state index contributed by atoms with van der Waals surface area (Å²) in [6, 6.07) is 15.3. The van der Waals surface area contributed by atoms with Gasteiger partial charge in [0.15, 0.2) is 0 Å². The largest absolute Gasteiger partial charge is 0.423 e. The minimum atomic E-state index is -0.322. The molecule has 0 aromatic heterocycles. The van der Waals surface area contributed by atoms with E-state index in [1.807, 2.05) is 62.4 Å². The first-order valence-corrected chi connectivity index (χ1v) is 10.7. The number of unbranched alkanes of at least 4 members (excludes halogenated alkanes) is 5. The molecule has 152 valence electrons. The summed E-state index contributed by atoms with van der Waals surface area (Å²) in [5.41, 5.74) is 2.93. The van der Waals surface area contributed by atoms with Crippen LogP contribution in [0.5, 0.6) is 5.75 Å². The molecular weight excluding hydrogens is 348 g/mol. The van der Waals surface area contributed by atoms with Crippen LogP contribution < -0.4 is 4.74 Å². The molecule has 3 nitrogen and oxygen atoms in total. The predicted octanol–water partition coefficient (Wildman–Crippen LogP) is 6.91. The molecule has 2 rings (SSSR count). The van der Waals surface area contributed by atoms with E-state index in [0.717, 1.165) is 12.0 Å². The minimum absolute atomic E-state index is 0.0361. The molecule has 28 heavy (non-hydrogen) atoms. The van der Waals surface area contributed by atoms with E-state index in [1.54, 1.807) is 0 Å². The Morgan fingerprint density at radius 3 is 2.14 bits per heavy atom. The number of hydrogen-bond donors (Lipinski definition) is 0. The van der Waals surface area contributed by atoms with Crippen molar-refractivity contribution in [3.05, 3.63) is 65.2 Å². The maximum atomic E-state index is 12.4. The predicted molar refractivity (Wildman–Crippen MR) is 115 cm³/mol. The average Bonchev–Trinajstić information content (AvgIpc) is 2.71. The van der Waals surface area contributed by atoms with Crippen molar-refractivity contribution in [3.8, 4) is 5.75 Å². The highest BCUT2D eigenvalue weighted by Crippen LogP contribution is 2.21. The SMILES string of the molecule is CCCCCCCCc1ccc(C(=O)Oc2ccc(C(C)OCC)cc2)cc1. The monoisotopic (exact) mass is 382 g/mol. The van der Waals surface area contributed by atoms with Crippen LogP contribution in [-0.2, 0) is 11.2 Å². The Bertz CT molecular complexity index is 689. The molecule has 0 heterocycles. The van der Waals surface area contributed by atoms with E-state index in [1.165, 1.54) is 44.1 Å². The third-order valence-electron chi connectivity index (χ3n) is 4.99. The van der Waals surface area contributed by atoms with Crippen LogP contribution in [0.2, 0.25) is 0 Å².